The highest BCUT2D eigenvalue weighted by Crippen LogP contribution is 2.49. The van der Waals surface area contributed by atoms with Crippen molar-refractivity contribution in [3.8, 4) is 0 Å². The fraction of sp³-hybridized carbons (Fsp3) is 0.400. The third-order valence-corrected chi connectivity index (χ3v) is 7.88. The zero-order valence-corrected chi connectivity index (χ0v) is 19.3. The van der Waals surface area contributed by atoms with Crippen molar-refractivity contribution in [1.29, 1.82) is 0 Å². The van der Waals surface area contributed by atoms with Crippen LogP contribution in [0.1, 0.15) is 69.9 Å². The topological polar surface area (TPSA) is 78.8 Å². The highest BCUT2D eigenvalue weighted by Gasteiger charge is 2.42. The predicted molar refractivity (Wildman–Crippen MR) is 126 cm³/mol. The number of hydrogen-bond acceptors (Lipinski definition) is 4. The van der Waals surface area contributed by atoms with Gasteiger partial charge in [-0.1, -0.05) is 57.7 Å². The summed E-state index contributed by atoms with van der Waals surface area (Å²) in [6.07, 6.45) is 6.17. The number of rotatable bonds is 7. The minimum Gasteiger partial charge on any atom is -0.507 e. The van der Waals surface area contributed by atoms with Gasteiger partial charge in [0, 0.05) is 16.6 Å². The Kier molecular flexibility index (Phi) is 6.12. The summed E-state index contributed by atoms with van der Waals surface area (Å²) in [5.74, 6) is -0.426. The maximum absolute atomic E-state index is 14.2. The van der Waals surface area contributed by atoms with E-state index >= 15 is 0 Å². The molecule has 7 heteroatoms. The van der Waals surface area contributed by atoms with Crippen LogP contribution < -0.4 is 5.32 Å². The van der Waals surface area contributed by atoms with Crippen LogP contribution in [0.4, 0.5) is 10.1 Å². The first-order chi connectivity index (χ1) is 15.3. The van der Waals surface area contributed by atoms with Gasteiger partial charge >= 0.3 is 0 Å². The van der Waals surface area contributed by atoms with Crippen molar-refractivity contribution in [3.63, 3.8) is 0 Å². The number of amidine groups is 1. The highest BCUT2D eigenvalue weighted by molar-refractivity contribution is 7.90. The largest absolute Gasteiger partial charge is 0.507 e. The summed E-state index contributed by atoms with van der Waals surface area (Å²) >= 11 is 0. The molecule has 2 N–H and O–H groups in total. The number of para-hydroxylation sites is 1. The van der Waals surface area contributed by atoms with Gasteiger partial charge in [-0.3, -0.25) is 0 Å². The number of benzene rings is 2. The maximum Gasteiger partial charge on any atom is 0.286 e. The first-order valence-corrected chi connectivity index (χ1v) is 12.7. The van der Waals surface area contributed by atoms with Gasteiger partial charge in [-0.25, -0.2) is 4.39 Å². The maximum atomic E-state index is 14.2. The van der Waals surface area contributed by atoms with E-state index < -0.39 is 15.8 Å². The lowest BCUT2D eigenvalue weighted by Gasteiger charge is -2.41. The Morgan fingerprint density at radius 3 is 2.47 bits per heavy atom. The van der Waals surface area contributed by atoms with Gasteiger partial charge in [-0.2, -0.15) is 8.42 Å². The second kappa shape index (κ2) is 8.70. The fourth-order valence-corrected chi connectivity index (χ4v) is 6.04. The molecule has 32 heavy (non-hydrogen) atoms. The lowest BCUT2D eigenvalue weighted by atomic mass is 9.64. The molecule has 0 fully saturated rings. The summed E-state index contributed by atoms with van der Waals surface area (Å²) < 4.78 is 43.9. The number of unbranched alkanes of at least 4 members (excludes halogenated alkanes) is 2. The molecule has 0 saturated heterocycles. The summed E-state index contributed by atoms with van der Waals surface area (Å²) in [6.45, 7) is 4.26. The second-order valence-electron chi connectivity index (χ2n) is 8.72. The first-order valence-electron chi connectivity index (χ1n) is 11.3. The van der Waals surface area contributed by atoms with Crippen molar-refractivity contribution in [2.75, 3.05) is 5.32 Å². The standard InChI is InChI=1S/C25H29FN2O3S/c1-3-5-13-25(14-6-4-2)16-19(23(29)18-15-17(26)11-12-20(18)25)24-27-21-9-7-8-10-22(21)32(30,31)28-24/h7-12,15,29H,3-6,13-14,16H2,1-2H3,(H,27,28). The van der Waals surface area contributed by atoms with E-state index in [1.54, 1.807) is 24.3 Å². The molecule has 1 heterocycles. The van der Waals surface area contributed by atoms with Gasteiger partial charge in [-0.05, 0) is 49.1 Å². The van der Waals surface area contributed by atoms with E-state index in [0.29, 0.717) is 23.2 Å². The van der Waals surface area contributed by atoms with Gasteiger partial charge in [0.2, 0.25) is 0 Å². The van der Waals surface area contributed by atoms with Crippen molar-refractivity contribution in [3.05, 3.63) is 65.0 Å². The van der Waals surface area contributed by atoms with Crippen LogP contribution in [-0.4, -0.2) is 19.4 Å². The lowest BCUT2D eigenvalue weighted by molar-refractivity contribution is 0.329. The van der Waals surface area contributed by atoms with Crippen LogP contribution in [0.15, 0.2) is 57.3 Å². The molecular weight excluding hydrogens is 427 g/mol. The van der Waals surface area contributed by atoms with Crippen LogP contribution >= 0.6 is 0 Å². The van der Waals surface area contributed by atoms with E-state index in [2.05, 4.69) is 23.6 Å². The number of hydrogen-bond donors (Lipinski definition) is 2. The van der Waals surface area contributed by atoms with Gasteiger partial charge in [0.05, 0.1) is 5.69 Å². The molecule has 0 amide bonds. The molecule has 2 aromatic carbocycles. The molecule has 5 nitrogen and oxygen atoms in total. The Balaban J connectivity index is 1.89. The summed E-state index contributed by atoms with van der Waals surface area (Å²) in [5.41, 5.74) is 1.89. The Bertz CT molecular complexity index is 1190. The zero-order valence-electron chi connectivity index (χ0n) is 18.5. The van der Waals surface area contributed by atoms with Crippen LogP contribution in [0.3, 0.4) is 0 Å². The van der Waals surface area contributed by atoms with Gasteiger partial charge in [0.15, 0.2) is 5.84 Å². The Hall–Kier alpha value is -2.67. The van der Waals surface area contributed by atoms with E-state index in [1.165, 1.54) is 18.2 Å². The number of nitrogens with one attached hydrogen (secondary N) is 1. The van der Waals surface area contributed by atoms with Crippen LogP contribution in [0, 0.1) is 5.82 Å². The lowest BCUT2D eigenvalue weighted by Crippen LogP contribution is -2.36. The molecule has 0 radical (unpaired) electrons. The van der Waals surface area contributed by atoms with Crippen LogP contribution in [0.2, 0.25) is 0 Å². The van der Waals surface area contributed by atoms with E-state index in [9.17, 15) is 17.9 Å². The zero-order chi connectivity index (χ0) is 22.9. The number of nitrogens with zero attached hydrogens (tertiary/aromatic N) is 1. The van der Waals surface area contributed by atoms with Gasteiger partial charge in [-0.15, -0.1) is 4.40 Å². The number of halogens is 1. The van der Waals surface area contributed by atoms with Crippen molar-refractivity contribution in [2.24, 2.45) is 4.40 Å². The molecule has 0 atom stereocenters. The molecule has 2 aliphatic rings. The molecule has 2 aromatic rings. The summed E-state index contributed by atoms with van der Waals surface area (Å²) in [6, 6.07) is 11.2. The van der Waals surface area contributed by atoms with Gasteiger partial charge < -0.3 is 10.4 Å². The molecule has 1 aliphatic carbocycles. The monoisotopic (exact) mass is 456 g/mol. The predicted octanol–water partition coefficient (Wildman–Crippen LogP) is 6.33. The van der Waals surface area contributed by atoms with E-state index in [1.807, 2.05) is 0 Å². The Labute approximate surface area is 189 Å². The fourth-order valence-electron chi connectivity index (χ4n) is 4.90. The number of aliphatic hydroxyl groups is 1. The SMILES string of the molecule is CCCCC1(CCCC)CC(C2=NS(=O)(=O)c3ccccc3N2)=C(O)c2cc(F)ccc21. The van der Waals surface area contributed by atoms with E-state index in [-0.39, 0.29) is 21.9 Å². The molecule has 0 saturated carbocycles. The van der Waals surface area contributed by atoms with Crippen molar-refractivity contribution in [2.45, 2.75) is 69.1 Å². The van der Waals surface area contributed by atoms with Crippen LogP contribution in [-0.2, 0) is 15.4 Å². The van der Waals surface area contributed by atoms with Crippen LogP contribution in [0.5, 0.6) is 0 Å². The van der Waals surface area contributed by atoms with Gasteiger partial charge in [0.1, 0.15) is 16.5 Å². The molecule has 0 spiro atoms. The first kappa shape index (κ1) is 22.5. The molecule has 1 aliphatic heterocycles. The third kappa shape index (κ3) is 3.94. The number of anilines is 1. The normalized spacial score (nSPS) is 18.4. The summed E-state index contributed by atoms with van der Waals surface area (Å²) in [7, 11) is -3.91. The van der Waals surface area contributed by atoms with Crippen molar-refractivity contribution in [1.82, 2.24) is 0 Å². The molecule has 0 aromatic heterocycles. The molecular formula is C25H29FN2O3S. The molecule has 0 unspecified atom stereocenters. The quantitative estimate of drug-likeness (QED) is 0.510. The number of sulfonamides is 1. The van der Waals surface area contributed by atoms with Gasteiger partial charge in [0.25, 0.3) is 10.0 Å². The smallest absolute Gasteiger partial charge is 0.286 e. The minimum absolute atomic E-state index is 0.106. The summed E-state index contributed by atoms with van der Waals surface area (Å²) in [4.78, 5) is 0.106. The average Bonchev–Trinajstić information content (AvgIpc) is 2.77. The Morgan fingerprint density at radius 2 is 1.78 bits per heavy atom. The highest BCUT2D eigenvalue weighted by atomic mass is 32.2. The third-order valence-electron chi connectivity index (χ3n) is 6.54. The minimum atomic E-state index is -3.91. The van der Waals surface area contributed by atoms with E-state index in [4.69, 9.17) is 0 Å². The Morgan fingerprint density at radius 1 is 1.09 bits per heavy atom. The van der Waals surface area contributed by atoms with Crippen molar-refractivity contribution < 1.29 is 17.9 Å². The van der Waals surface area contributed by atoms with E-state index in [0.717, 1.165) is 44.1 Å². The molecule has 0 bridgehead atoms. The second-order valence-corrected chi connectivity index (χ2v) is 10.3. The molecule has 4 rings (SSSR count). The number of fused-ring (bicyclic) bond motifs is 2. The average molecular weight is 457 g/mol. The number of aliphatic hydroxyl groups excluding tert-OH is 1. The van der Waals surface area contributed by atoms with Crippen molar-refractivity contribution >= 4 is 27.3 Å². The summed E-state index contributed by atoms with van der Waals surface area (Å²) in [5, 5.41) is 14.3. The van der Waals surface area contributed by atoms with Crippen LogP contribution in [0.25, 0.3) is 5.76 Å². The molecule has 170 valence electrons.